The lowest BCUT2D eigenvalue weighted by molar-refractivity contribution is -0.131. The summed E-state index contributed by atoms with van der Waals surface area (Å²) in [5.41, 5.74) is 1.28. The highest BCUT2D eigenvalue weighted by Gasteiger charge is 1.90. The predicted molar refractivity (Wildman–Crippen MR) is 59.4 cm³/mol. The van der Waals surface area contributed by atoms with Crippen molar-refractivity contribution in [1.29, 1.82) is 0 Å². The standard InChI is InChI=1S/C11H12O2S/c12-11(13)7-9-14-8-6-10-4-2-1-3-5-10/h1-5,7,9H,6,8H2,(H,12,13)/b9-7+. The first-order chi connectivity index (χ1) is 6.79. The molecular weight excluding hydrogens is 196 g/mol. The van der Waals surface area contributed by atoms with E-state index in [0.29, 0.717) is 0 Å². The molecule has 3 heteroatoms. The summed E-state index contributed by atoms with van der Waals surface area (Å²) in [7, 11) is 0. The van der Waals surface area contributed by atoms with Crippen LogP contribution in [0.15, 0.2) is 41.8 Å². The van der Waals surface area contributed by atoms with Gasteiger partial charge in [-0.25, -0.2) is 4.79 Å². The second-order valence-corrected chi connectivity index (χ2v) is 3.76. The summed E-state index contributed by atoms with van der Waals surface area (Å²) in [6.45, 7) is 0. The zero-order valence-corrected chi connectivity index (χ0v) is 8.54. The van der Waals surface area contributed by atoms with Crippen LogP contribution in [0.25, 0.3) is 0 Å². The van der Waals surface area contributed by atoms with Crippen molar-refractivity contribution in [2.45, 2.75) is 6.42 Å². The van der Waals surface area contributed by atoms with Crippen LogP contribution in [0, 0.1) is 0 Å². The van der Waals surface area contributed by atoms with Crippen LogP contribution in [-0.2, 0) is 11.2 Å². The van der Waals surface area contributed by atoms with E-state index in [9.17, 15) is 4.79 Å². The van der Waals surface area contributed by atoms with E-state index < -0.39 is 5.97 Å². The van der Waals surface area contributed by atoms with Gasteiger partial charge in [0.2, 0.25) is 0 Å². The third-order valence-corrected chi connectivity index (χ3v) is 2.43. The van der Waals surface area contributed by atoms with Gasteiger partial charge in [0.05, 0.1) is 0 Å². The van der Waals surface area contributed by atoms with E-state index in [0.717, 1.165) is 18.2 Å². The van der Waals surface area contributed by atoms with E-state index in [1.165, 1.54) is 17.3 Å². The molecule has 0 radical (unpaired) electrons. The Morgan fingerprint density at radius 2 is 2.07 bits per heavy atom. The highest BCUT2D eigenvalue weighted by molar-refractivity contribution is 8.02. The van der Waals surface area contributed by atoms with E-state index >= 15 is 0 Å². The van der Waals surface area contributed by atoms with Crippen molar-refractivity contribution in [2.75, 3.05) is 5.75 Å². The van der Waals surface area contributed by atoms with Gasteiger partial charge in [-0.3, -0.25) is 0 Å². The molecule has 0 aliphatic heterocycles. The molecule has 0 bridgehead atoms. The first-order valence-electron chi connectivity index (χ1n) is 4.34. The molecule has 0 saturated heterocycles. The molecule has 0 heterocycles. The molecule has 1 aromatic rings. The Morgan fingerprint density at radius 3 is 2.71 bits per heavy atom. The molecule has 1 N–H and O–H groups in total. The molecule has 0 fully saturated rings. The second-order valence-electron chi connectivity index (χ2n) is 2.75. The van der Waals surface area contributed by atoms with E-state index in [-0.39, 0.29) is 0 Å². The van der Waals surface area contributed by atoms with Crippen molar-refractivity contribution in [3.63, 3.8) is 0 Å². The average Bonchev–Trinajstić information content (AvgIpc) is 2.18. The normalized spacial score (nSPS) is 10.6. The maximum Gasteiger partial charge on any atom is 0.328 e. The number of hydrogen-bond acceptors (Lipinski definition) is 2. The lowest BCUT2D eigenvalue weighted by Gasteiger charge is -1.97. The summed E-state index contributed by atoms with van der Waals surface area (Å²) in [4.78, 5) is 10.1. The van der Waals surface area contributed by atoms with Gasteiger partial charge in [0.1, 0.15) is 0 Å². The fourth-order valence-corrected chi connectivity index (χ4v) is 1.70. The summed E-state index contributed by atoms with van der Waals surface area (Å²) in [6.07, 6.45) is 2.13. The summed E-state index contributed by atoms with van der Waals surface area (Å²) in [5, 5.41) is 9.95. The van der Waals surface area contributed by atoms with Crippen molar-refractivity contribution in [3.05, 3.63) is 47.4 Å². The van der Waals surface area contributed by atoms with Crippen molar-refractivity contribution in [2.24, 2.45) is 0 Å². The van der Waals surface area contributed by atoms with Gasteiger partial charge in [-0.2, -0.15) is 0 Å². The highest BCUT2D eigenvalue weighted by Crippen LogP contribution is 2.07. The quantitative estimate of drug-likeness (QED) is 0.597. The fourth-order valence-electron chi connectivity index (χ4n) is 0.996. The molecule has 0 spiro atoms. The van der Waals surface area contributed by atoms with E-state index in [1.807, 2.05) is 18.2 Å². The number of aryl methyl sites for hydroxylation is 1. The second kappa shape index (κ2) is 6.27. The van der Waals surface area contributed by atoms with Crippen LogP contribution in [0.2, 0.25) is 0 Å². The number of benzene rings is 1. The van der Waals surface area contributed by atoms with E-state index in [4.69, 9.17) is 5.11 Å². The Bertz CT molecular complexity index is 306. The number of carboxylic acid groups (broad SMARTS) is 1. The predicted octanol–water partition coefficient (Wildman–Crippen LogP) is 2.56. The molecule has 0 saturated carbocycles. The first-order valence-corrected chi connectivity index (χ1v) is 5.39. The smallest absolute Gasteiger partial charge is 0.328 e. The van der Waals surface area contributed by atoms with E-state index in [1.54, 1.807) is 5.41 Å². The van der Waals surface area contributed by atoms with Crippen LogP contribution >= 0.6 is 11.8 Å². The minimum atomic E-state index is -0.891. The van der Waals surface area contributed by atoms with Gasteiger partial charge in [-0.1, -0.05) is 30.3 Å². The number of hydrogen-bond donors (Lipinski definition) is 1. The Morgan fingerprint density at radius 1 is 1.36 bits per heavy atom. The molecule has 2 nitrogen and oxygen atoms in total. The van der Waals surface area contributed by atoms with Gasteiger partial charge in [0.15, 0.2) is 0 Å². The number of rotatable bonds is 5. The molecule has 14 heavy (non-hydrogen) atoms. The Labute approximate surface area is 87.6 Å². The average molecular weight is 208 g/mol. The van der Waals surface area contributed by atoms with E-state index in [2.05, 4.69) is 12.1 Å². The lowest BCUT2D eigenvalue weighted by Crippen LogP contribution is -1.87. The Kier molecular flexibility index (Phi) is 4.86. The summed E-state index contributed by atoms with van der Waals surface area (Å²) < 4.78 is 0. The molecule has 1 aromatic carbocycles. The van der Waals surface area contributed by atoms with Crippen molar-refractivity contribution in [1.82, 2.24) is 0 Å². The number of thioether (sulfide) groups is 1. The monoisotopic (exact) mass is 208 g/mol. The highest BCUT2D eigenvalue weighted by atomic mass is 32.2. The molecule has 0 aromatic heterocycles. The molecule has 0 aliphatic rings. The minimum absolute atomic E-state index is 0.891. The van der Waals surface area contributed by atoms with Crippen LogP contribution in [0.4, 0.5) is 0 Å². The molecule has 0 atom stereocenters. The summed E-state index contributed by atoms with van der Waals surface area (Å²) in [5.74, 6) is 0.0190. The molecule has 0 aliphatic carbocycles. The van der Waals surface area contributed by atoms with Crippen LogP contribution in [-0.4, -0.2) is 16.8 Å². The summed E-state index contributed by atoms with van der Waals surface area (Å²) in [6, 6.07) is 10.1. The van der Waals surface area contributed by atoms with Gasteiger partial charge in [-0.05, 0) is 17.4 Å². The van der Waals surface area contributed by atoms with Crippen LogP contribution in [0.1, 0.15) is 5.56 Å². The van der Waals surface area contributed by atoms with Crippen LogP contribution in [0.3, 0.4) is 0 Å². The SMILES string of the molecule is O=C(O)/C=C/SCCc1ccccc1. The summed E-state index contributed by atoms with van der Waals surface area (Å²) >= 11 is 1.52. The van der Waals surface area contributed by atoms with Gasteiger partial charge >= 0.3 is 5.97 Å². The number of carbonyl (C=O) groups is 1. The Hall–Kier alpha value is -1.22. The number of aliphatic carboxylic acids is 1. The zero-order chi connectivity index (χ0) is 10.2. The van der Waals surface area contributed by atoms with Gasteiger partial charge in [-0.15, -0.1) is 11.8 Å². The molecule has 0 amide bonds. The van der Waals surface area contributed by atoms with Gasteiger partial charge < -0.3 is 5.11 Å². The molecule has 1 rings (SSSR count). The third kappa shape index (κ3) is 4.72. The van der Waals surface area contributed by atoms with Crippen molar-refractivity contribution >= 4 is 17.7 Å². The lowest BCUT2D eigenvalue weighted by atomic mass is 10.2. The third-order valence-electron chi connectivity index (χ3n) is 1.66. The Balaban J connectivity index is 2.19. The minimum Gasteiger partial charge on any atom is -0.478 e. The van der Waals surface area contributed by atoms with Gasteiger partial charge in [0.25, 0.3) is 0 Å². The number of carboxylic acids is 1. The first kappa shape index (κ1) is 10.9. The maximum atomic E-state index is 10.1. The zero-order valence-electron chi connectivity index (χ0n) is 7.72. The van der Waals surface area contributed by atoms with Crippen molar-refractivity contribution in [3.8, 4) is 0 Å². The largest absolute Gasteiger partial charge is 0.478 e. The molecular formula is C11H12O2S. The van der Waals surface area contributed by atoms with Gasteiger partial charge in [0, 0.05) is 11.8 Å². The topological polar surface area (TPSA) is 37.3 Å². The van der Waals surface area contributed by atoms with Crippen molar-refractivity contribution < 1.29 is 9.90 Å². The van der Waals surface area contributed by atoms with Crippen LogP contribution in [0.5, 0.6) is 0 Å². The molecule has 74 valence electrons. The maximum absolute atomic E-state index is 10.1. The fraction of sp³-hybridized carbons (Fsp3) is 0.182. The van der Waals surface area contributed by atoms with Crippen LogP contribution < -0.4 is 0 Å². The molecule has 0 unspecified atom stereocenters.